The number of furan rings is 1. The van der Waals surface area contributed by atoms with Crippen molar-refractivity contribution in [2.75, 3.05) is 7.05 Å². The minimum atomic E-state index is 0.00954. The first-order valence-electron chi connectivity index (χ1n) is 5.68. The standard InChI is InChI=1S/C12H16ClN3O/c1-3-5-16-12(10(13)7-15-16)11(14-2)9-4-6-17-8-9/h4,6-8,11,14H,3,5H2,1-2H3. The van der Waals surface area contributed by atoms with Crippen molar-refractivity contribution in [2.45, 2.75) is 25.9 Å². The quantitative estimate of drug-likeness (QED) is 0.891. The van der Waals surface area contributed by atoms with Crippen LogP contribution in [0.4, 0.5) is 0 Å². The van der Waals surface area contributed by atoms with Crippen LogP contribution < -0.4 is 5.32 Å². The Morgan fingerprint density at radius 1 is 1.59 bits per heavy atom. The molecular weight excluding hydrogens is 238 g/mol. The molecule has 0 aliphatic carbocycles. The Balaban J connectivity index is 2.39. The van der Waals surface area contributed by atoms with Crippen molar-refractivity contribution < 1.29 is 4.42 Å². The molecule has 1 unspecified atom stereocenters. The van der Waals surface area contributed by atoms with Gasteiger partial charge in [-0.1, -0.05) is 18.5 Å². The predicted molar refractivity (Wildman–Crippen MR) is 67.1 cm³/mol. The molecule has 0 saturated carbocycles. The van der Waals surface area contributed by atoms with Crippen LogP contribution in [0.2, 0.25) is 5.02 Å². The molecule has 0 aromatic carbocycles. The van der Waals surface area contributed by atoms with Gasteiger partial charge in [0, 0.05) is 12.1 Å². The third kappa shape index (κ3) is 2.37. The lowest BCUT2D eigenvalue weighted by Crippen LogP contribution is -2.21. The van der Waals surface area contributed by atoms with Gasteiger partial charge >= 0.3 is 0 Å². The number of nitrogens with zero attached hydrogens (tertiary/aromatic N) is 2. The van der Waals surface area contributed by atoms with Gasteiger partial charge in [-0.2, -0.15) is 5.10 Å². The topological polar surface area (TPSA) is 43.0 Å². The third-order valence-corrected chi connectivity index (χ3v) is 3.00. The van der Waals surface area contributed by atoms with Crippen LogP contribution in [0.25, 0.3) is 0 Å². The average Bonchev–Trinajstić information content (AvgIpc) is 2.94. The molecule has 0 spiro atoms. The number of rotatable bonds is 5. The molecule has 1 atom stereocenters. The zero-order chi connectivity index (χ0) is 12.3. The van der Waals surface area contributed by atoms with Crippen LogP contribution in [0.5, 0.6) is 0 Å². The first kappa shape index (κ1) is 12.2. The minimum absolute atomic E-state index is 0.00954. The lowest BCUT2D eigenvalue weighted by atomic mass is 10.1. The molecule has 0 amide bonds. The molecule has 2 aromatic rings. The van der Waals surface area contributed by atoms with E-state index in [4.69, 9.17) is 16.0 Å². The second-order valence-electron chi connectivity index (χ2n) is 3.88. The zero-order valence-electron chi connectivity index (χ0n) is 9.98. The first-order valence-corrected chi connectivity index (χ1v) is 6.06. The summed E-state index contributed by atoms with van der Waals surface area (Å²) in [6, 6.07) is 1.94. The number of hydrogen-bond acceptors (Lipinski definition) is 3. The van der Waals surface area contributed by atoms with Crippen molar-refractivity contribution >= 4 is 11.6 Å². The van der Waals surface area contributed by atoms with E-state index in [1.165, 1.54) is 0 Å². The lowest BCUT2D eigenvalue weighted by molar-refractivity contribution is 0.524. The number of hydrogen-bond donors (Lipinski definition) is 1. The fourth-order valence-corrected chi connectivity index (χ4v) is 2.20. The van der Waals surface area contributed by atoms with Gasteiger partial charge in [0.1, 0.15) is 0 Å². The van der Waals surface area contributed by atoms with E-state index >= 15 is 0 Å². The molecule has 17 heavy (non-hydrogen) atoms. The maximum Gasteiger partial charge on any atom is 0.0954 e. The highest BCUT2D eigenvalue weighted by molar-refractivity contribution is 6.31. The van der Waals surface area contributed by atoms with Crippen LogP contribution in [0.3, 0.4) is 0 Å². The summed E-state index contributed by atoms with van der Waals surface area (Å²) >= 11 is 6.22. The van der Waals surface area contributed by atoms with Crippen molar-refractivity contribution in [3.8, 4) is 0 Å². The molecule has 2 heterocycles. The van der Waals surface area contributed by atoms with E-state index in [0.29, 0.717) is 5.02 Å². The highest BCUT2D eigenvalue weighted by Gasteiger charge is 2.21. The second-order valence-corrected chi connectivity index (χ2v) is 4.29. The van der Waals surface area contributed by atoms with Crippen LogP contribution in [0.15, 0.2) is 29.2 Å². The van der Waals surface area contributed by atoms with E-state index < -0.39 is 0 Å². The summed E-state index contributed by atoms with van der Waals surface area (Å²) in [5.74, 6) is 0. The van der Waals surface area contributed by atoms with Gasteiger partial charge in [0.15, 0.2) is 0 Å². The Morgan fingerprint density at radius 3 is 3.00 bits per heavy atom. The minimum Gasteiger partial charge on any atom is -0.472 e. The van der Waals surface area contributed by atoms with Gasteiger partial charge in [0.05, 0.1) is 35.5 Å². The van der Waals surface area contributed by atoms with Gasteiger partial charge < -0.3 is 9.73 Å². The molecule has 5 heteroatoms. The zero-order valence-corrected chi connectivity index (χ0v) is 10.7. The molecule has 2 rings (SSSR count). The largest absolute Gasteiger partial charge is 0.472 e. The van der Waals surface area contributed by atoms with E-state index in [2.05, 4.69) is 17.3 Å². The predicted octanol–water partition coefficient (Wildman–Crippen LogP) is 2.85. The maximum absolute atomic E-state index is 6.22. The molecule has 92 valence electrons. The summed E-state index contributed by atoms with van der Waals surface area (Å²) in [6.45, 7) is 2.98. The molecule has 0 aliphatic heterocycles. The monoisotopic (exact) mass is 253 g/mol. The second kappa shape index (κ2) is 5.38. The summed E-state index contributed by atoms with van der Waals surface area (Å²) in [4.78, 5) is 0. The van der Waals surface area contributed by atoms with Gasteiger partial charge in [-0.25, -0.2) is 0 Å². The summed E-state index contributed by atoms with van der Waals surface area (Å²) in [5, 5.41) is 8.22. The van der Waals surface area contributed by atoms with E-state index in [1.807, 2.05) is 17.8 Å². The van der Waals surface area contributed by atoms with Crippen molar-refractivity contribution in [2.24, 2.45) is 0 Å². The van der Waals surface area contributed by atoms with E-state index in [9.17, 15) is 0 Å². The first-order chi connectivity index (χ1) is 8.27. The van der Waals surface area contributed by atoms with Crippen LogP contribution in [-0.2, 0) is 6.54 Å². The summed E-state index contributed by atoms with van der Waals surface area (Å²) in [6.07, 6.45) is 6.10. The van der Waals surface area contributed by atoms with E-state index in [0.717, 1.165) is 24.2 Å². The molecule has 4 nitrogen and oxygen atoms in total. The number of aryl methyl sites for hydroxylation is 1. The molecule has 1 N–H and O–H groups in total. The van der Waals surface area contributed by atoms with Crippen molar-refractivity contribution in [1.29, 1.82) is 0 Å². The molecule has 0 fully saturated rings. The number of nitrogens with one attached hydrogen (secondary N) is 1. The van der Waals surface area contributed by atoms with Gasteiger partial charge in [0.25, 0.3) is 0 Å². The molecular formula is C12H16ClN3O. The Bertz CT molecular complexity index is 464. The number of halogens is 1. The highest BCUT2D eigenvalue weighted by Crippen LogP contribution is 2.28. The average molecular weight is 254 g/mol. The summed E-state index contributed by atoms with van der Waals surface area (Å²) in [7, 11) is 1.90. The van der Waals surface area contributed by atoms with Crippen molar-refractivity contribution in [3.63, 3.8) is 0 Å². The summed E-state index contributed by atoms with van der Waals surface area (Å²) < 4.78 is 7.06. The van der Waals surface area contributed by atoms with Crippen molar-refractivity contribution in [1.82, 2.24) is 15.1 Å². The SMILES string of the molecule is CCCn1ncc(Cl)c1C(NC)c1ccoc1. The van der Waals surface area contributed by atoms with Crippen LogP contribution in [0.1, 0.15) is 30.6 Å². The van der Waals surface area contributed by atoms with Crippen molar-refractivity contribution in [3.05, 3.63) is 41.1 Å². The Labute approximate surface area is 106 Å². The van der Waals surface area contributed by atoms with E-state index in [-0.39, 0.29) is 6.04 Å². The lowest BCUT2D eigenvalue weighted by Gasteiger charge is -2.17. The third-order valence-electron chi connectivity index (χ3n) is 2.71. The van der Waals surface area contributed by atoms with E-state index in [1.54, 1.807) is 18.7 Å². The van der Waals surface area contributed by atoms with Gasteiger partial charge in [0.2, 0.25) is 0 Å². The Morgan fingerprint density at radius 2 is 2.41 bits per heavy atom. The molecule has 0 radical (unpaired) electrons. The smallest absolute Gasteiger partial charge is 0.0954 e. The fourth-order valence-electron chi connectivity index (χ4n) is 1.95. The molecule has 0 bridgehead atoms. The van der Waals surface area contributed by atoms with Crippen LogP contribution in [0, 0.1) is 0 Å². The van der Waals surface area contributed by atoms with Gasteiger partial charge in [-0.3, -0.25) is 4.68 Å². The van der Waals surface area contributed by atoms with Gasteiger partial charge in [-0.05, 0) is 19.5 Å². The van der Waals surface area contributed by atoms with Crippen LogP contribution >= 0.6 is 11.6 Å². The van der Waals surface area contributed by atoms with Crippen LogP contribution in [-0.4, -0.2) is 16.8 Å². The Hall–Kier alpha value is -1.26. The molecule has 0 aliphatic rings. The highest BCUT2D eigenvalue weighted by atomic mass is 35.5. The molecule has 2 aromatic heterocycles. The maximum atomic E-state index is 6.22. The van der Waals surface area contributed by atoms with Gasteiger partial charge in [-0.15, -0.1) is 0 Å². The number of aromatic nitrogens is 2. The fraction of sp³-hybridized carbons (Fsp3) is 0.417. The Kier molecular flexibility index (Phi) is 3.86. The summed E-state index contributed by atoms with van der Waals surface area (Å²) in [5.41, 5.74) is 2.03. The molecule has 0 saturated heterocycles. The normalized spacial score (nSPS) is 12.9.